The largest absolute Gasteiger partial charge is 0.377 e. The normalized spacial score (nSPS) is 31.2. The first-order valence-electron chi connectivity index (χ1n) is 4.21. The lowest BCUT2D eigenvalue weighted by Gasteiger charge is -2.42. The highest BCUT2D eigenvalue weighted by Gasteiger charge is 2.47. The molecule has 66 valence electrons. The van der Waals surface area contributed by atoms with Crippen molar-refractivity contribution < 1.29 is 4.74 Å². The first-order chi connectivity index (χ1) is 5.87. The van der Waals surface area contributed by atoms with Gasteiger partial charge in [0.2, 0.25) is 0 Å². The number of hydrogen-bond donors (Lipinski definition) is 1. The Hall–Kier alpha value is -0.770. The Kier molecular flexibility index (Phi) is 1.92. The lowest BCUT2D eigenvalue weighted by atomic mass is 9.75. The highest BCUT2D eigenvalue weighted by molar-refractivity contribution is 5.02. The van der Waals surface area contributed by atoms with E-state index in [9.17, 15) is 0 Å². The minimum absolute atomic E-state index is 0.148. The van der Waals surface area contributed by atoms with E-state index in [2.05, 4.69) is 15.3 Å². The zero-order valence-corrected chi connectivity index (χ0v) is 6.86. The molecule has 1 N–H and O–H groups in total. The van der Waals surface area contributed by atoms with E-state index in [1.165, 1.54) is 0 Å². The third kappa shape index (κ3) is 1.06. The van der Waals surface area contributed by atoms with Gasteiger partial charge in [0.1, 0.15) is 0 Å². The molecule has 0 bridgehead atoms. The number of nitrogens with zero attached hydrogens (tertiary/aromatic N) is 3. The van der Waals surface area contributed by atoms with Gasteiger partial charge in [-0.15, -0.1) is 0 Å². The van der Waals surface area contributed by atoms with Gasteiger partial charge in [-0.2, -0.15) is 0 Å². The van der Waals surface area contributed by atoms with Gasteiger partial charge in [-0.3, -0.25) is 0 Å². The molecule has 0 aromatic carbocycles. The molecule has 5 nitrogen and oxygen atoms in total. The molecule has 2 aliphatic rings. The lowest BCUT2D eigenvalue weighted by molar-refractivity contribution is 0.0264. The predicted molar refractivity (Wildman–Crippen MR) is 43.7 cm³/mol. The smallest absolute Gasteiger partial charge is 0.0712 e. The van der Waals surface area contributed by atoms with E-state index in [1.807, 2.05) is 0 Å². The topological polar surface area (TPSA) is 70.0 Å². The highest BCUT2D eigenvalue weighted by Crippen LogP contribution is 2.38. The van der Waals surface area contributed by atoms with Crippen molar-refractivity contribution >= 4 is 0 Å². The average Bonchev–Trinajstić information content (AvgIpc) is 2.42. The van der Waals surface area contributed by atoms with E-state index < -0.39 is 0 Å². The van der Waals surface area contributed by atoms with Gasteiger partial charge in [0.25, 0.3) is 0 Å². The summed E-state index contributed by atoms with van der Waals surface area (Å²) < 4.78 is 5.51. The van der Waals surface area contributed by atoms with E-state index in [0.717, 1.165) is 26.1 Å². The fraction of sp³-hybridized carbons (Fsp3) is 1.00. The Bertz CT molecular complexity index is 219. The zero-order valence-electron chi connectivity index (χ0n) is 6.86. The summed E-state index contributed by atoms with van der Waals surface area (Å²) in [5, 5.41) is 6.79. The number of nitrogens with one attached hydrogen (secondary N) is 1. The van der Waals surface area contributed by atoms with Gasteiger partial charge in [-0.25, -0.2) is 0 Å². The Morgan fingerprint density at radius 2 is 2.50 bits per heavy atom. The average molecular weight is 168 g/mol. The molecule has 0 aromatic heterocycles. The zero-order chi connectivity index (χ0) is 8.44. The maximum Gasteiger partial charge on any atom is 0.0712 e. The quantitative estimate of drug-likeness (QED) is 0.374. The second-order valence-electron chi connectivity index (χ2n) is 3.49. The summed E-state index contributed by atoms with van der Waals surface area (Å²) in [7, 11) is 0. The van der Waals surface area contributed by atoms with Crippen LogP contribution in [-0.2, 0) is 4.74 Å². The molecule has 12 heavy (non-hydrogen) atoms. The monoisotopic (exact) mass is 168 g/mol. The summed E-state index contributed by atoms with van der Waals surface area (Å²) in [5.41, 5.74) is 8.46. The van der Waals surface area contributed by atoms with Gasteiger partial charge >= 0.3 is 0 Å². The van der Waals surface area contributed by atoms with Crippen molar-refractivity contribution in [2.24, 2.45) is 10.5 Å². The Morgan fingerprint density at radius 1 is 1.67 bits per heavy atom. The summed E-state index contributed by atoms with van der Waals surface area (Å²) in [6, 6.07) is 0. The van der Waals surface area contributed by atoms with E-state index in [-0.39, 0.29) is 11.5 Å². The number of ether oxygens (including phenoxy) is 1. The van der Waals surface area contributed by atoms with Gasteiger partial charge in [0, 0.05) is 30.0 Å². The van der Waals surface area contributed by atoms with Crippen molar-refractivity contribution in [1.29, 1.82) is 0 Å². The van der Waals surface area contributed by atoms with Gasteiger partial charge < -0.3 is 10.1 Å². The molecule has 0 saturated carbocycles. The van der Waals surface area contributed by atoms with Crippen LogP contribution < -0.4 is 5.32 Å². The van der Waals surface area contributed by atoms with Gasteiger partial charge in [0.05, 0.1) is 12.6 Å². The van der Waals surface area contributed by atoms with Crippen LogP contribution in [0.3, 0.4) is 0 Å². The van der Waals surface area contributed by atoms with Crippen molar-refractivity contribution in [1.82, 2.24) is 5.32 Å². The van der Waals surface area contributed by atoms with Crippen molar-refractivity contribution in [3.63, 3.8) is 0 Å². The molecule has 2 rings (SSSR count). The maximum atomic E-state index is 8.17. The molecular formula is C7H12N4O. The molecule has 2 saturated heterocycles. The SMILES string of the molecule is [N-]=[N+]=NCC1OCCC12CNC2. The summed E-state index contributed by atoms with van der Waals surface area (Å²) in [5.74, 6) is 0. The third-order valence-corrected chi connectivity index (χ3v) is 2.87. The van der Waals surface area contributed by atoms with Gasteiger partial charge in [-0.1, -0.05) is 5.11 Å². The molecule has 0 aliphatic carbocycles. The lowest BCUT2D eigenvalue weighted by Crippen LogP contribution is -2.58. The van der Waals surface area contributed by atoms with Crippen LogP contribution in [0.4, 0.5) is 0 Å². The Morgan fingerprint density at radius 3 is 3.08 bits per heavy atom. The molecule has 2 heterocycles. The molecule has 1 spiro atoms. The van der Waals surface area contributed by atoms with Crippen LogP contribution in [-0.4, -0.2) is 32.3 Å². The second-order valence-corrected chi connectivity index (χ2v) is 3.49. The molecule has 1 atom stereocenters. The molecule has 1 unspecified atom stereocenters. The van der Waals surface area contributed by atoms with Crippen LogP contribution in [0.5, 0.6) is 0 Å². The van der Waals surface area contributed by atoms with Crippen LogP contribution in [0.15, 0.2) is 5.11 Å². The van der Waals surface area contributed by atoms with Crippen LogP contribution in [0.2, 0.25) is 0 Å². The van der Waals surface area contributed by atoms with Crippen LogP contribution >= 0.6 is 0 Å². The van der Waals surface area contributed by atoms with E-state index >= 15 is 0 Å². The molecular weight excluding hydrogens is 156 g/mol. The first kappa shape index (κ1) is 7.86. The minimum atomic E-state index is 0.148. The Balaban J connectivity index is 1.99. The predicted octanol–water partition coefficient (Wildman–Crippen LogP) is 0.675. The van der Waals surface area contributed by atoms with Crippen molar-refractivity contribution in [3.05, 3.63) is 10.4 Å². The van der Waals surface area contributed by atoms with E-state index in [4.69, 9.17) is 10.3 Å². The Labute approximate surface area is 70.7 Å². The third-order valence-electron chi connectivity index (χ3n) is 2.87. The van der Waals surface area contributed by atoms with Crippen molar-refractivity contribution in [2.75, 3.05) is 26.2 Å². The summed E-state index contributed by atoms with van der Waals surface area (Å²) in [6.45, 7) is 3.32. The van der Waals surface area contributed by atoms with Crippen LogP contribution in [0.25, 0.3) is 10.4 Å². The summed E-state index contributed by atoms with van der Waals surface area (Å²) >= 11 is 0. The number of azide groups is 1. The summed E-state index contributed by atoms with van der Waals surface area (Å²) in [4.78, 5) is 2.75. The standard InChI is InChI=1S/C7H12N4O/c8-11-10-3-6-7(1-2-12-6)4-9-5-7/h6,9H,1-5H2. The molecule has 5 heteroatoms. The fourth-order valence-electron chi connectivity index (χ4n) is 1.95. The van der Waals surface area contributed by atoms with Crippen molar-refractivity contribution in [3.8, 4) is 0 Å². The van der Waals surface area contributed by atoms with Crippen LogP contribution in [0, 0.1) is 5.41 Å². The molecule has 0 aromatic rings. The maximum absolute atomic E-state index is 8.17. The molecule has 2 fully saturated rings. The summed E-state index contributed by atoms with van der Waals surface area (Å²) in [6.07, 6.45) is 1.25. The first-order valence-corrected chi connectivity index (χ1v) is 4.21. The molecule has 2 aliphatic heterocycles. The second kappa shape index (κ2) is 2.94. The molecule has 0 radical (unpaired) electrons. The van der Waals surface area contributed by atoms with Gasteiger partial charge in [-0.05, 0) is 12.0 Å². The van der Waals surface area contributed by atoms with Crippen molar-refractivity contribution in [2.45, 2.75) is 12.5 Å². The van der Waals surface area contributed by atoms with Gasteiger partial charge in [0.15, 0.2) is 0 Å². The van der Waals surface area contributed by atoms with E-state index in [0.29, 0.717) is 6.54 Å². The van der Waals surface area contributed by atoms with E-state index in [1.54, 1.807) is 0 Å². The molecule has 0 amide bonds. The number of rotatable bonds is 2. The number of hydrogen-bond acceptors (Lipinski definition) is 3. The minimum Gasteiger partial charge on any atom is -0.377 e. The van der Waals surface area contributed by atoms with Crippen LogP contribution in [0.1, 0.15) is 6.42 Å². The highest BCUT2D eigenvalue weighted by atomic mass is 16.5. The fourth-order valence-corrected chi connectivity index (χ4v) is 1.95.